The van der Waals surface area contributed by atoms with Gasteiger partial charge >= 0.3 is 0 Å². The van der Waals surface area contributed by atoms with Crippen LogP contribution in [0.25, 0.3) is 0 Å². The van der Waals surface area contributed by atoms with Crippen molar-refractivity contribution in [3.05, 3.63) is 60.3 Å². The zero-order valence-corrected chi connectivity index (χ0v) is 15.7. The third-order valence-electron chi connectivity index (χ3n) is 4.09. The van der Waals surface area contributed by atoms with Gasteiger partial charge in [-0.1, -0.05) is 24.3 Å². The van der Waals surface area contributed by atoms with E-state index in [1.54, 1.807) is 20.4 Å². The van der Waals surface area contributed by atoms with Crippen molar-refractivity contribution in [1.29, 1.82) is 0 Å². The van der Waals surface area contributed by atoms with Gasteiger partial charge in [0.05, 0.1) is 20.4 Å². The second-order valence-electron chi connectivity index (χ2n) is 5.76. The lowest BCUT2D eigenvalue weighted by molar-refractivity contribution is 0.354. The summed E-state index contributed by atoms with van der Waals surface area (Å²) in [6.07, 6.45) is 1.61. The molecular formula is C20H23N5O2. The Labute approximate surface area is 159 Å². The van der Waals surface area contributed by atoms with Crippen LogP contribution in [0.1, 0.15) is 12.5 Å². The quantitative estimate of drug-likeness (QED) is 0.653. The maximum atomic E-state index is 5.35. The highest BCUT2D eigenvalue weighted by Crippen LogP contribution is 2.28. The summed E-state index contributed by atoms with van der Waals surface area (Å²) in [6.45, 7) is 3.38. The lowest BCUT2D eigenvalue weighted by Crippen LogP contribution is -2.19. The van der Waals surface area contributed by atoms with Gasteiger partial charge in [-0.15, -0.1) is 5.10 Å². The number of nitrogens with zero attached hydrogens (tertiary/aromatic N) is 4. The second-order valence-corrected chi connectivity index (χ2v) is 5.76. The molecule has 0 spiro atoms. The van der Waals surface area contributed by atoms with E-state index in [2.05, 4.69) is 27.4 Å². The maximum Gasteiger partial charge on any atom is 0.251 e. The lowest BCUT2D eigenvalue weighted by atomic mass is 10.2. The summed E-state index contributed by atoms with van der Waals surface area (Å²) < 4.78 is 10.6. The van der Waals surface area contributed by atoms with Crippen LogP contribution in [0.4, 0.5) is 17.5 Å². The van der Waals surface area contributed by atoms with Crippen LogP contribution < -0.4 is 19.7 Å². The first-order chi connectivity index (χ1) is 13.2. The van der Waals surface area contributed by atoms with E-state index in [9.17, 15) is 0 Å². The third kappa shape index (κ3) is 4.44. The molecule has 0 amide bonds. The Hall–Kier alpha value is -3.35. The van der Waals surface area contributed by atoms with E-state index in [1.807, 2.05) is 53.4 Å². The van der Waals surface area contributed by atoms with Crippen molar-refractivity contribution in [2.45, 2.75) is 13.5 Å². The van der Waals surface area contributed by atoms with Crippen LogP contribution in [0.2, 0.25) is 0 Å². The molecule has 0 bridgehead atoms. The Balaban J connectivity index is 1.74. The molecule has 0 atom stereocenters. The van der Waals surface area contributed by atoms with Gasteiger partial charge in [0, 0.05) is 18.8 Å². The van der Waals surface area contributed by atoms with Crippen molar-refractivity contribution in [1.82, 2.24) is 15.2 Å². The van der Waals surface area contributed by atoms with E-state index >= 15 is 0 Å². The lowest BCUT2D eigenvalue weighted by Gasteiger charge is -2.20. The molecule has 0 unspecified atom stereocenters. The summed E-state index contributed by atoms with van der Waals surface area (Å²) in [5, 5.41) is 11.6. The van der Waals surface area contributed by atoms with E-state index in [0.29, 0.717) is 29.8 Å². The number of anilines is 3. The van der Waals surface area contributed by atoms with E-state index in [0.717, 1.165) is 17.8 Å². The van der Waals surface area contributed by atoms with E-state index < -0.39 is 0 Å². The molecular weight excluding hydrogens is 342 g/mol. The molecule has 0 aliphatic carbocycles. The van der Waals surface area contributed by atoms with Crippen LogP contribution >= 0.6 is 0 Å². The topological polar surface area (TPSA) is 72.4 Å². The summed E-state index contributed by atoms with van der Waals surface area (Å²) in [5.41, 5.74) is 2.07. The first kappa shape index (κ1) is 18.4. The molecule has 3 aromatic rings. The number of ether oxygens (including phenoxy) is 2. The largest absolute Gasteiger partial charge is 0.493 e. The van der Waals surface area contributed by atoms with Crippen molar-refractivity contribution in [3.8, 4) is 11.5 Å². The molecule has 1 aromatic heterocycles. The number of benzene rings is 2. The van der Waals surface area contributed by atoms with Gasteiger partial charge in [-0.2, -0.15) is 10.1 Å². The fourth-order valence-electron chi connectivity index (χ4n) is 2.72. The number of para-hydroxylation sites is 1. The minimum atomic E-state index is 0.556. The number of aromatic nitrogens is 3. The molecule has 0 aliphatic rings. The Morgan fingerprint density at radius 2 is 1.78 bits per heavy atom. The SMILES string of the molecule is CCN(c1ccccc1)c1nncc(NCc2ccc(OC)c(OC)c2)n1. The van der Waals surface area contributed by atoms with Crippen LogP contribution in [-0.4, -0.2) is 35.9 Å². The third-order valence-corrected chi connectivity index (χ3v) is 4.09. The van der Waals surface area contributed by atoms with Crippen LogP contribution in [0.5, 0.6) is 11.5 Å². The molecule has 3 rings (SSSR count). The smallest absolute Gasteiger partial charge is 0.251 e. The fraction of sp³-hybridized carbons (Fsp3) is 0.250. The zero-order chi connectivity index (χ0) is 19.1. The minimum Gasteiger partial charge on any atom is -0.493 e. The van der Waals surface area contributed by atoms with Crippen LogP contribution in [0.15, 0.2) is 54.7 Å². The summed E-state index contributed by atoms with van der Waals surface area (Å²) in [6, 6.07) is 15.8. The Kier molecular flexibility index (Phi) is 6.04. The van der Waals surface area contributed by atoms with Crippen molar-refractivity contribution >= 4 is 17.5 Å². The first-order valence-electron chi connectivity index (χ1n) is 8.72. The van der Waals surface area contributed by atoms with Crippen molar-refractivity contribution in [3.63, 3.8) is 0 Å². The average molecular weight is 365 g/mol. The Bertz CT molecular complexity index is 873. The van der Waals surface area contributed by atoms with Crippen molar-refractivity contribution in [2.24, 2.45) is 0 Å². The van der Waals surface area contributed by atoms with Gasteiger partial charge in [0.25, 0.3) is 5.95 Å². The highest BCUT2D eigenvalue weighted by atomic mass is 16.5. The number of methoxy groups -OCH3 is 2. The number of hydrogen-bond acceptors (Lipinski definition) is 7. The number of hydrogen-bond donors (Lipinski definition) is 1. The summed E-state index contributed by atoms with van der Waals surface area (Å²) in [5.74, 6) is 2.61. The summed E-state index contributed by atoms with van der Waals surface area (Å²) >= 11 is 0. The van der Waals surface area contributed by atoms with Gasteiger partial charge in [-0.25, -0.2) is 0 Å². The van der Waals surface area contributed by atoms with Crippen LogP contribution in [-0.2, 0) is 6.54 Å². The predicted octanol–water partition coefficient (Wildman–Crippen LogP) is 3.66. The average Bonchev–Trinajstić information content (AvgIpc) is 2.73. The van der Waals surface area contributed by atoms with E-state index in [4.69, 9.17) is 9.47 Å². The Morgan fingerprint density at radius 3 is 2.48 bits per heavy atom. The van der Waals surface area contributed by atoms with E-state index in [1.165, 1.54) is 0 Å². The first-order valence-corrected chi connectivity index (χ1v) is 8.72. The zero-order valence-electron chi connectivity index (χ0n) is 15.7. The van der Waals surface area contributed by atoms with Gasteiger partial charge in [-0.3, -0.25) is 0 Å². The van der Waals surface area contributed by atoms with Crippen molar-refractivity contribution in [2.75, 3.05) is 31.0 Å². The van der Waals surface area contributed by atoms with Crippen LogP contribution in [0.3, 0.4) is 0 Å². The molecule has 0 saturated heterocycles. The molecule has 0 saturated carbocycles. The standard InChI is InChI=1S/C20H23N5O2/c1-4-25(16-8-6-5-7-9-16)20-23-19(14-22-24-20)21-13-15-10-11-17(26-2)18(12-15)27-3/h5-12,14H,4,13H2,1-3H3,(H,21,23,24). The van der Waals surface area contributed by atoms with Crippen molar-refractivity contribution < 1.29 is 9.47 Å². The Morgan fingerprint density at radius 1 is 1.00 bits per heavy atom. The number of nitrogens with one attached hydrogen (secondary N) is 1. The molecule has 2 aromatic carbocycles. The van der Waals surface area contributed by atoms with Crippen LogP contribution in [0, 0.1) is 0 Å². The summed E-state index contributed by atoms with van der Waals surface area (Å²) in [4.78, 5) is 6.61. The maximum absolute atomic E-state index is 5.35. The molecule has 1 heterocycles. The highest BCUT2D eigenvalue weighted by Gasteiger charge is 2.11. The van der Waals surface area contributed by atoms with Gasteiger partial charge in [0.1, 0.15) is 0 Å². The monoisotopic (exact) mass is 365 g/mol. The molecule has 0 radical (unpaired) electrons. The van der Waals surface area contributed by atoms with Gasteiger partial charge in [0.15, 0.2) is 17.3 Å². The molecule has 1 N–H and O–H groups in total. The van der Waals surface area contributed by atoms with Gasteiger partial charge < -0.3 is 19.7 Å². The minimum absolute atomic E-state index is 0.556. The van der Waals surface area contributed by atoms with Gasteiger partial charge in [-0.05, 0) is 36.8 Å². The molecule has 7 heteroatoms. The normalized spacial score (nSPS) is 10.3. The summed E-state index contributed by atoms with van der Waals surface area (Å²) in [7, 11) is 3.24. The predicted molar refractivity (Wildman–Crippen MR) is 106 cm³/mol. The molecule has 140 valence electrons. The molecule has 27 heavy (non-hydrogen) atoms. The molecule has 7 nitrogen and oxygen atoms in total. The number of rotatable bonds is 8. The molecule has 0 fully saturated rings. The molecule has 0 aliphatic heterocycles. The second kappa shape index (κ2) is 8.84. The van der Waals surface area contributed by atoms with E-state index in [-0.39, 0.29) is 0 Å². The van der Waals surface area contributed by atoms with Gasteiger partial charge in [0.2, 0.25) is 0 Å². The highest BCUT2D eigenvalue weighted by molar-refractivity contribution is 5.57. The fourth-order valence-corrected chi connectivity index (χ4v) is 2.72.